The van der Waals surface area contributed by atoms with Crippen molar-refractivity contribution in [2.24, 2.45) is 0 Å². The van der Waals surface area contributed by atoms with Crippen molar-refractivity contribution in [3.8, 4) is 5.75 Å². The summed E-state index contributed by atoms with van der Waals surface area (Å²) in [5.41, 5.74) is 0.764. The number of ether oxygens (including phenoxy) is 2. The van der Waals surface area contributed by atoms with Gasteiger partial charge in [-0.05, 0) is 6.07 Å². The summed E-state index contributed by atoms with van der Waals surface area (Å²) in [6.07, 6.45) is 0.191. The topological polar surface area (TPSA) is 47.6 Å². The van der Waals surface area contributed by atoms with Crippen molar-refractivity contribution in [1.29, 1.82) is 0 Å². The lowest BCUT2D eigenvalue weighted by Gasteiger charge is -2.25. The predicted octanol–water partition coefficient (Wildman–Crippen LogP) is 2.01. The average molecular weight is 225 g/mol. The molecule has 1 atom stereocenters. The van der Waals surface area contributed by atoms with E-state index in [4.69, 9.17) is 9.47 Å². The van der Waals surface area contributed by atoms with Gasteiger partial charge in [0.2, 0.25) is 0 Å². The van der Waals surface area contributed by atoms with Crippen molar-refractivity contribution in [2.45, 2.75) is 12.5 Å². The number of hydrogen-bond donors (Lipinski definition) is 1. The van der Waals surface area contributed by atoms with Gasteiger partial charge in [0.15, 0.2) is 0 Å². The molecule has 1 aromatic carbocycles. The highest BCUT2D eigenvalue weighted by molar-refractivity contribution is 5.69. The molecular weight excluding hydrogens is 213 g/mol. The molecule has 1 amide bonds. The smallest absolute Gasteiger partial charge is 0.407 e. The van der Waals surface area contributed by atoms with Gasteiger partial charge in [-0.2, -0.15) is 0 Å². The summed E-state index contributed by atoms with van der Waals surface area (Å²) in [7, 11) is 1.47. The number of carbonyl (C=O) groups excluding carboxylic acids is 1. The first kappa shape index (κ1) is 10.7. The zero-order chi connectivity index (χ0) is 11.5. The minimum atomic E-state index is -0.456. The van der Waals surface area contributed by atoms with Crippen LogP contribution in [-0.2, 0) is 4.74 Å². The first-order valence-electron chi connectivity index (χ1n) is 4.97. The molecule has 0 bridgehead atoms. The molecule has 1 saturated heterocycles. The Morgan fingerprint density at radius 2 is 2.38 bits per heavy atom. The summed E-state index contributed by atoms with van der Waals surface area (Å²) in [6.45, 7) is 0.358. The van der Waals surface area contributed by atoms with E-state index in [9.17, 15) is 9.18 Å². The molecule has 0 saturated carbocycles. The van der Waals surface area contributed by atoms with Gasteiger partial charge in [-0.1, -0.05) is 6.07 Å². The van der Waals surface area contributed by atoms with Gasteiger partial charge in [0.1, 0.15) is 11.6 Å². The van der Waals surface area contributed by atoms with Crippen molar-refractivity contribution >= 4 is 6.09 Å². The molecule has 1 fully saturated rings. The van der Waals surface area contributed by atoms with Crippen LogP contribution >= 0.6 is 0 Å². The molecule has 1 heterocycles. The summed E-state index contributed by atoms with van der Waals surface area (Å²) < 4.78 is 22.8. The quantitative estimate of drug-likeness (QED) is 0.837. The standard InChI is InChI=1S/C11H12FNO3/c1-15-10-6-7(12)2-3-8(10)9-4-5-16-11(14)13-9/h2-3,6,9H,4-5H2,1H3,(H,13,14)/t9-/m1/s1. The molecule has 4 nitrogen and oxygen atoms in total. The summed E-state index contributed by atoms with van der Waals surface area (Å²) in [6, 6.07) is 4.08. The normalized spacial score (nSPS) is 19.9. The van der Waals surface area contributed by atoms with Crippen LogP contribution in [-0.4, -0.2) is 19.8 Å². The molecule has 0 aromatic heterocycles. The van der Waals surface area contributed by atoms with Crippen molar-refractivity contribution in [3.05, 3.63) is 29.6 Å². The Hall–Kier alpha value is -1.78. The van der Waals surface area contributed by atoms with E-state index in [1.54, 1.807) is 6.07 Å². The number of amides is 1. The minimum Gasteiger partial charge on any atom is -0.496 e. The SMILES string of the molecule is COc1cc(F)ccc1[C@H]1CCOC(=O)N1. The fourth-order valence-corrected chi connectivity index (χ4v) is 1.73. The molecule has 86 valence electrons. The number of benzene rings is 1. The highest BCUT2D eigenvalue weighted by Gasteiger charge is 2.23. The third-order valence-electron chi connectivity index (χ3n) is 2.50. The van der Waals surface area contributed by atoms with Crippen molar-refractivity contribution < 1.29 is 18.7 Å². The summed E-state index contributed by atoms with van der Waals surface area (Å²) >= 11 is 0. The largest absolute Gasteiger partial charge is 0.496 e. The molecule has 0 radical (unpaired) electrons. The zero-order valence-electron chi connectivity index (χ0n) is 8.83. The van der Waals surface area contributed by atoms with Gasteiger partial charge in [0.05, 0.1) is 19.8 Å². The number of carbonyl (C=O) groups is 1. The second-order valence-electron chi connectivity index (χ2n) is 3.51. The van der Waals surface area contributed by atoms with Crippen LogP contribution in [0.15, 0.2) is 18.2 Å². The molecule has 5 heteroatoms. The molecule has 1 aliphatic rings. The number of alkyl carbamates (subject to hydrolysis) is 1. The number of methoxy groups -OCH3 is 1. The van der Waals surface area contributed by atoms with Gasteiger partial charge in [0, 0.05) is 18.1 Å². The van der Waals surface area contributed by atoms with Crippen molar-refractivity contribution in [1.82, 2.24) is 5.32 Å². The van der Waals surface area contributed by atoms with Gasteiger partial charge in [-0.25, -0.2) is 9.18 Å². The Balaban J connectivity index is 2.28. The summed E-state index contributed by atoms with van der Waals surface area (Å²) in [4.78, 5) is 11.1. The minimum absolute atomic E-state index is 0.184. The fourth-order valence-electron chi connectivity index (χ4n) is 1.73. The fraction of sp³-hybridized carbons (Fsp3) is 0.364. The second-order valence-corrected chi connectivity index (χ2v) is 3.51. The maximum absolute atomic E-state index is 13.0. The highest BCUT2D eigenvalue weighted by Crippen LogP contribution is 2.29. The Labute approximate surface area is 92.4 Å². The number of cyclic esters (lactones) is 1. The lowest BCUT2D eigenvalue weighted by atomic mass is 10.0. The second kappa shape index (κ2) is 4.38. The highest BCUT2D eigenvalue weighted by atomic mass is 19.1. The van der Waals surface area contributed by atoms with E-state index in [0.717, 1.165) is 5.56 Å². The van der Waals surface area contributed by atoms with Gasteiger partial charge in [-0.15, -0.1) is 0 Å². The van der Waals surface area contributed by atoms with Gasteiger partial charge >= 0.3 is 6.09 Å². The molecule has 1 aromatic rings. The molecule has 0 spiro atoms. The summed E-state index contributed by atoms with van der Waals surface area (Å²) in [5.74, 6) is 0.0752. The average Bonchev–Trinajstić information content (AvgIpc) is 2.28. The van der Waals surface area contributed by atoms with E-state index in [1.807, 2.05) is 0 Å². The Kier molecular flexibility index (Phi) is 2.94. The van der Waals surface area contributed by atoms with E-state index in [-0.39, 0.29) is 11.9 Å². The van der Waals surface area contributed by atoms with Crippen LogP contribution in [0.2, 0.25) is 0 Å². The van der Waals surface area contributed by atoms with E-state index < -0.39 is 6.09 Å². The maximum Gasteiger partial charge on any atom is 0.407 e. The Bertz CT molecular complexity index is 408. The molecule has 2 rings (SSSR count). The van der Waals surface area contributed by atoms with E-state index in [2.05, 4.69) is 5.32 Å². The molecule has 1 aliphatic heterocycles. The van der Waals surface area contributed by atoms with Crippen LogP contribution in [0.4, 0.5) is 9.18 Å². The van der Waals surface area contributed by atoms with E-state index in [0.29, 0.717) is 18.8 Å². The molecule has 0 aliphatic carbocycles. The Morgan fingerprint density at radius 3 is 3.06 bits per heavy atom. The monoisotopic (exact) mass is 225 g/mol. The number of hydrogen-bond acceptors (Lipinski definition) is 3. The van der Waals surface area contributed by atoms with Gasteiger partial charge in [-0.3, -0.25) is 0 Å². The van der Waals surface area contributed by atoms with Crippen LogP contribution in [0.25, 0.3) is 0 Å². The molecule has 16 heavy (non-hydrogen) atoms. The third kappa shape index (κ3) is 2.08. The number of nitrogens with one attached hydrogen (secondary N) is 1. The molecular formula is C11H12FNO3. The van der Waals surface area contributed by atoms with Crippen LogP contribution in [0.3, 0.4) is 0 Å². The predicted molar refractivity (Wildman–Crippen MR) is 54.8 cm³/mol. The lowest BCUT2D eigenvalue weighted by Crippen LogP contribution is -2.35. The van der Waals surface area contributed by atoms with E-state index in [1.165, 1.54) is 19.2 Å². The van der Waals surface area contributed by atoms with Gasteiger partial charge < -0.3 is 14.8 Å². The van der Waals surface area contributed by atoms with Crippen LogP contribution in [0.5, 0.6) is 5.75 Å². The van der Waals surface area contributed by atoms with Crippen LogP contribution in [0, 0.1) is 5.82 Å². The first-order valence-corrected chi connectivity index (χ1v) is 4.97. The molecule has 1 N–H and O–H groups in total. The van der Waals surface area contributed by atoms with E-state index >= 15 is 0 Å². The van der Waals surface area contributed by atoms with Crippen molar-refractivity contribution in [3.63, 3.8) is 0 Å². The van der Waals surface area contributed by atoms with Gasteiger partial charge in [0.25, 0.3) is 0 Å². The number of halogens is 1. The maximum atomic E-state index is 13.0. The number of rotatable bonds is 2. The Morgan fingerprint density at radius 1 is 1.56 bits per heavy atom. The lowest BCUT2D eigenvalue weighted by molar-refractivity contribution is 0.115. The van der Waals surface area contributed by atoms with Crippen LogP contribution < -0.4 is 10.1 Å². The molecule has 0 unspecified atom stereocenters. The third-order valence-corrected chi connectivity index (χ3v) is 2.50. The zero-order valence-corrected chi connectivity index (χ0v) is 8.83. The van der Waals surface area contributed by atoms with Crippen LogP contribution in [0.1, 0.15) is 18.0 Å². The first-order chi connectivity index (χ1) is 7.70. The van der Waals surface area contributed by atoms with Crippen molar-refractivity contribution in [2.75, 3.05) is 13.7 Å². The summed E-state index contributed by atoms with van der Waals surface area (Å²) in [5, 5.41) is 2.66.